The zero-order chi connectivity index (χ0) is 19.8. The minimum absolute atomic E-state index is 0.242. The highest BCUT2D eigenvalue weighted by Crippen LogP contribution is 2.25. The van der Waals surface area contributed by atoms with E-state index >= 15 is 0 Å². The first kappa shape index (κ1) is 19.0. The molecule has 0 atom stereocenters. The van der Waals surface area contributed by atoms with Crippen molar-refractivity contribution < 1.29 is 14.3 Å². The number of nitrogens with two attached hydrogens (primary N) is 1. The number of hydrogen-bond donors (Lipinski definition) is 3. The fraction of sp³-hybridized carbons (Fsp3) is 0.389. The van der Waals surface area contributed by atoms with Crippen molar-refractivity contribution in [1.29, 1.82) is 0 Å². The Morgan fingerprint density at radius 2 is 2.11 bits per heavy atom. The van der Waals surface area contributed by atoms with Crippen LogP contribution in [0.3, 0.4) is 0 Å². The Labute approximate surface area is 162 Å². The number of ether oxygens (including phenoxy) is 1. The topological polar surface area (TPSA) is 113 Å². The van der Waals surface area contributed by atoms with Crippen molar-refractivity contribution in [2.75, 3.05) is 17.6 Å². The summed E-state index contributed by atoms with van der Waals surface area (Å²) in [4.78, 5) is 26.5. The Bertz CT molecular complexity index is 888. The zero-order valence-electron chi connectivity index (χ0n) is 15.4. The predicted molar refractivity (Wildman–Crippen MR) is 103 cm³/mol. The summed E-state index contributed by atoms with van der Waals surface area (Å²) >= 11 is 5.99. The summed E-state index contributed by atoms with van der Waals surface area (Å²) < 4.78 is 5.42. The highest BCUT2D eigenvalue weighted by Gasteiger charge is 2.30. The van der Waals surface area contributed by atoms with E-state index < -0.39 is 11.7 Å². The Morgan fingerprint density at radius 3 is 2.78 bits per heavy atom. The lowest BCUT2D eigenvalue weighted by molar-refractivity contribution is 0.0222. The zero-order valence-corrected chi connectivity index (χ0v) is 16.2. The van der Waals surface area contributed by atoms with E-state index in [0.717, 1.165) is 5.69 Å². The lowest BCUT2D eigenvalue weighted by Crippen LogP contribution is -2.40. The molecule has 2 amide bonds. The molecule has 1 aliphatic heterocycles. The minimum Gasteiger partial charge on any atom is -0.444 e. The quantitative estimate of drug-likeness (QED) is 0.680. The van der Waals surface area contributed by atoms with E-state index in [0.29, 0.717) is 34.9 Å². The number of anilines is 2. The molecule has 4 N–H and O–H groups in total. The summed E-state index contributed by atoms with van der Waals surface area (Å²) in [5, 5.41) is 10.1. The van der Waals surface area contributed by atoms with Crippen LogP contribution >= 0.6 is 11.6 Å². The molecule has 0 spiro atoms. The maximum absolute atomic E-state index is 12.6. The summed E-state index contributed by atoms with van der Waals surface area (Å²) in [5.41, 5.74) is 7.81. The van der Waals surface area contributed by atoms with Gasteiger partial charge in [0.2, 0.25) is 0 Å². The van der Waals surface area contributed by atoms with Crippen molar-refractivity contribution in [1.82, 2.24) is 15.1 Å². The van der Waals surface area contributed by atoms with Crippen LogP contribution in [0.5, 0.6) is 0 Å². The fourth-order valence-electron chi connectivity index (χ4n) is 2.76. The van der Waals surface area contributed by atoms with Crippen molar-refractivity contribution in [2.24, 2.45) is 0 Å². The van der Waals surface area contributed by atoms with Crippen LogP contribution in [0.25, 0.3) is 0 Å². The van der Waals surface area contributed by atoms with Crippen molar-refractivity contribution in [3.05, 3.63) is 40.2 Å². The van der Waals surface area contributed by atoms with Crippen LogP contribution in [0.4, 0.5) is 16.2 Å². The standard InChI is InChI=1S/C18H22ClN5O3/c1-18(2,3)27-17(26)24-7-6-14-11(9-24)15(23-22-14)16(25)21-10-4-5-13(20)12(19)8-10/h4-5,8H,6-7,9,20H2,1-3H3,(H,21,25)(H,22,23). The Morgan fingerprint density at radius 1 is 1.37 bits per heavy atom. The lowest BCUT2D eigenvalue weighted by atomic mass is 10.1. The SMILES string of the molecule is CC(C)(C)OC(=O)N1CCc2[nH]nc(C(=O)Nc3ccc(N)c(Cl)c3)c2C1. The minimum atomic E-state index is -0.581. The number of nitrogens with zero attached hydrogens (tertiary/aromatic N) is 2. The summed E-state index contributed by atoms with van der Waals surface area (Å²) in [6.07, 6.45) is 0.161. The number of nitrogen functional groups attached to an aromatic ring is 1. The molecule has 3 rings (SSSR count). The molecule has 27 heavy (non-hydrogen) atoms. The molecular formula is C18H22ClN5O3. The van der Waals surface area contributed by atoms with Gasteiger partial charge in [-0.3, -0.25) is 9.89 Å². The molecule has 2 aromatic rings. The molecular weight excluding hydrogens is 370 g/mol. The highest BCUT2D eigenvalue weighted by molar-refractivity contribution is 6.33. The van der Waals surface area contributed by atoms with Gasteiger partial charge in [0.05, 0.1) is 17.3 Å². The monoisotopic (exact) mass is 391 g/mol. The molecule has 2 heterocycles. The van der Waals surface area contributed by atoms with Crippen molar-refractivity contribution in [3.8, 4) is 0 Å². The predicted octanol–water partition coefficient (Wildman–Crippen LogP) is 3.19. The van der Waals surface area contributed by atoms with Crippen LogP contribution in [-0.2, 0) is 17.7 Å². The number of H-pyrrole nitrogens is 1. The molecule has 9 heteroatoms. The van der Waals surface area contributed by atoms with Crippen molar-refractivity contribution >= 4 is 35.0 Å². The molecule has 1 aromatic carbocycles. The van der Waals surface area contributed by atoms with Gasteiger partial charge >= 0.3 is 6.09 Å². The second-order valence-electron chi connectivity index (χ2n) is 7.37. The van der Waals surface area contributed by atoms with Gasteiger partial charge in [-0.15, -0.1) is 0 Å². The average Bonchev–Trinajstić information content (AvgIpc) is 3.00. The van der Waals surface area contributed by atoms with Gasteiger partial charge in [0, 0.05) is 29.9 Å². The first-order valence-corrected chi connectivity index (χ1v) is 8.92. The third-order valence-corrected chi connectivity index (χ3v) is 4.39. The number of amides is 2. The van der Waals surface area contributed by atoms with Crippen molar-refractivity contribution in [2.45, 2.75) is 39.3 Å². The maximum Gasteiger partial charge on any atom is 0.410 e. The van der Waals surface area contributed by atoms with Crippen LogP contribution in [-0.4, -0.2) is 39.2 Å². The van der Waals surface area contributed by atoms with Gasteiger partial charge in [-0.1, -0.05) is 11.6 Å². The van der Waals surface area contributed by atoms with Gasteiger partial charge in [0.25, 0.3) is 5.91 Å². The molecule has 0 bridgehead atoms. The number of nitrogens with one attached hydrogen (secondary N) is 2. The van der Waals surface area contributed by atoms with Gasteiger partial charge < -0.3 is 20.7 Å². The fourth-order valence-corrected chi connectivity index (χ4v) is 2.94. The maximum atomic E-state index is 12.6. The second kappa shape index (κ2) is 7.11. The Hall–Kier alpha value is -2.74. The van der Waals surface area contributed by atoms with E-state index in [1.54, 1.807) is 23.1 Å². The summed E-state index contributed by atoms with van der Waals surface area (Å²) in [5.74, 6) is -0.389. The number of hydrogen-bond acceptors (Lipinski definition) is 5. The number of carbonyl (C=O) groups is 2. The molecule has 1 aliphatic rings. The van der Waals surface area contributed by atoms with Crippen LogP contribution in [0, 0.1) is 0 Å². The normalized spacial score (nSPS) is 13.9. The number of rotatable bonds is 2. The molecule has 144 valence electrons. The largest absolute Gasteiger partial charge is 0.444 e. The van der Waals surface area contributed by atoms with Crippen molar-refractivity contribution in [3.63, 3.8) is 0 Å². The van der Waals surface area contributed by atoms with Gasteiger partial charge in [0.15, 0.2) is 5.69 Å². The molecule has 1 aromatic heterocycles. The number of benzene rings is 1. The molecule has 0 aliphatic carbocycles. The van der Waals surface area contributed by atoms with Crippen LogP contribution in [0.1, 0.15) is 42.5 Å². The van der Waals surface area contributed by atoms with Crippen LogP contribution in [0.15, 0.2) is 18.2 Å². The lowest BCUT2D eigenvalue weighted by Gasteiger charge is -2.30. The van der Waals surface area contributed by atoms with E-state index in [4.69, 9.17) is 22.1 Å². The number of halogens is 1. The van der Waals surface area contributed by atoms with Gasteiger partial charge in [-0.2, -0.15) is 5.10 Å². The summed E-state index contributed by atoms with van der Waals surface area (Å²) in [6.45, 7) is 6.20. The Kier molecular flexibility index (Phi) is 5.01. The summed E-state index contributed by atoms with van der Waals surface area (Å²) in [7, 11) is 0. The Balaban J connectivity index is 1.76. The molecule has 0 unspecified atom stereocenters. The molecule has 8 nitrogen and oxygen atoms in total. The number of aromatic amines is 1. The number of fused-ring (bicyclic) bond motifs is 1. The highest BCUT2D eigenvalue weighted by atomic mass is 35.5. The molecule has 0 radical (unpaired) electrons. The third kappa shape index (κ3) is 4.33. The third-order valence-electron chi connectivity index (χ3n) is 4.06. The number of aromatic nitrogens is 2. The van der Waals surface area contributed by atoms with E-state index in [-0.39, 0.29) is 18.1 Å². The second-order valence-corrected chi connectivity index (χ2v) is 7.78. The molecule has 0 fully saturated rings. The van der Waals surface area contributed by atoms with E-state index in [2.05, 4.69) is 15.5 Å². The van der Waals surface area contributed by atoms with Crippen LogP contribution < -0.4 is 11.1 Å². The smallest absolute Gasteiger partial charge is 0.410 e. The van der Waals surface area contributed by atoms with Crippen LogP contribution in [0.2, 0.25) is 5.02 Å². The first-order chi connectivity index (χ1) is 12.6. The van der Waals surface area contributed by atoms with Gasteiger partial charge in [-0.25, -0.2) is 4.79 Å². The molecule has 0 saturated carbocycles. The molecule has 0 saturated heterocycles. The van der Waals surface area contributed by atoms with E-state index in [1.165, 1.54) is 0 Å². The van der Waals surface area contributed by atoms with E-state index in [1.807, 2.05) is 20.8 Å². The van der Waals surface area contributed by atoms with Gasteiger partial charge in [-0.05, 0) is 39.0 Å². The summed E-state index contributed by atoms with van der Waals surface area (Å²) in [6, 6.07) is 4.84. The van der Waals surface area contributed by atoms with E-state index in [9.17, 15) is 9.59 Å². The van der Waals surface area contributed by atoms with Gasteiger partial charge in [0.1, 0.15) is 5.60 Å². The number of carbonyl (C=O) groups excluding carboxylic acids is 2. The average molecular weight is 392 g/mol. The first-order valence-electron chi connectivity index (χ1n) is 8.54.